The van der Waals surface area contributed by atoms with Crippen LogP contribution in [0.2, 0.25) is 0 Å². The quantitative estimate of drug-likeness (QED) is 0.577. The molecular weight excluding hydrogens is 344 g/mol. The summed E-state index contributed by atoms with van der Waals surface area (Å²) in [5, 5.41) is 7.89. The molecule has 5 nitrogen and oxygen atoms in total. The van der Waals surface area contributed by atoms with Crippen molar-refractivity contribution in [2.45, 2.75) is 20.3 Å². The van der Waals surface area contributed by atoms with Gasteiger partial charge in [-0.05, 0) is 37.1 Å². The Balaban J connectivity index is 1.62. The van der Waals surface area contributed by atoms with Crippen molar-refractivity contribution in [1.82, 2.24) is 14.8 Å². The molecule has 2 aromatic carbocycles. The van der Waals surface area contributed by atoms with Gasteiger partial charge >= 0.3 is 0 Å². The van der Waals surface area contributed by atoms with Crippen LogP contribution < -0.4 is 5.32 Å². The van der Waals surface area contributed by atoms with E-state index in [1.807, 2.05) is 49.4 Å². The van der Waals surface area contributed by atoms with Crippen molar-refractivity contribution in [3.05, 3.63) is 71.5 Å². The van der Waals surface area contributed by atoms with Crippen LogP contribution in [0.15, 0.2) is 54.7 Å². The Morgan fingerprint density at radius 3 is 2.73 bits per heavy atom. The molecule has 0 fully saturated rings. The zero-order valence-corrected chi connectivity index (χ0v) is 15.4. The van der Waals surface area contributed by atoms with Gasteiger partial charge < -0.3 is 0 Å². The Bertz CT molecular complexity index is 1080. The molecule has 0 bridgehead atoms. The number of nitrogens with zero attached hydrogens (tertiary/aromatic N) is 3. The number of hydrogen-bond acceptors (Lipinski definition) is 4. The average Bonchev–Trinajstić information content (AvgIpc) is 3.25. The van der Waals surface area contributed by atoms with Crippen molar-refractivity contribution < 1.29 is 4.79 Å². The Kier molecular flexibility index (Phi) is 4.26. The number of rotatable bonds is 4. The molecule has 0 saturated carbocycles. The number of carbonyl (C=O) groups is 1. The molecule has 4 aromatic rings. The molecule has 0 unspecified atom stereocenters. The van der Waals surface area contributed by atoms with E-state index in [1.165, 1.54) is 16.9 Å². The number of fused-ring (bicyclic) bond motifs is 1. The molecule has 1 N–H and O–H groups in total. The number of para-hydroxylation sites is 2. The summed E-state index contributed by atoms with van der Waals surface area (Å²) in [5.41, 5.74) is 4.42. The van der Waals surface area contributed by atoms with Crippen LogP contribution in [0.25, 0.3) is 15.9 Å². The number of aromatic nitrogens is 3. The molecule has 0 aliphatic heterocycles. The van der Waals surface area contributed by atoms with Crippen molar-refractivity contribution in [3.63, 3.8) is 0 Å². The van der Waals surface area contributed by atoms with Gasteiger partial charge in [0.25, 0.3) is 5.91 Å². The maximum Gasteiger partial charge on any atom is 0.260 e. The summed E-state index contributed by atoms with van der Waals surface area (Å²) in [7, 11) is 0. The van der Waals surface area contributed by atoms with E-state index in [9.17, 15) is 4.79 Å². The number of hydrogen-bond donors (Lipinski definition) is 1. The van der Waals surface area contributed by atoms with Crippen molar-refractivity contribution in [2.24, 2.45) is 0 Å². The number of carbonyl (C=O) groups excluding carboxylic acids is 1. The van der Waals surface area contributed by atoms with E-state index in [2.05, 4.69) is 28.4 Å². The van der Waals surface area contributed by atoms with Crippen LogP contribution in [0, 0.1) is 6.92 Å². The number of thiazole rings is 1. The molecule has 0 aliphatic carbocycles. The van der Waals surface area contributed by atoms with Crippen molar-refractivity contribution in [1.29, 1.82) is 0 Å². The monoisotopic (exact) mass is 362 g/mol. The highest BCUT2D eigenvalue weighted by molar-refractivity contribution is 7.22. The summed E-state index contributed by atoms with van der Waals surface area (Å²) < 4.78 is 2.85. The van der Waals surface area contributed by atoms with Gasteiger partial charge in [-0.3, -0.25) is 10.1 Å². The van der Waals surface area contributed by atoms with E-state index in [0.717, 1.165) is 28.0 Å². The minimum Gasteiger partial charge on any atom is -0.298 e. The largest absolute Gasteiger partial charge is 0.298 e. The molecule has 0 spiro atoms. The number of amides is 1. The predicted octanol–water partition coefficient (Wildman–Crippen LogP) is 4.61. The van der Waals surface area contributed by atoms with Crippen LogP contribution in [0.5, 0.6) is 0 Å². The van der Waals surface area contributed by atoms with Crippen LogP contribution in [-0.4, -0.2) is 20.7 Å². The first kappa shape index (κ1) is 16.5. The maximum atomic E-state index is 12.7. The fourth-order valence-electron chi connectivity index (χ4n) is 2.97. The molecule has 0 radical (unpaired) electrons. The van der Waals surface area contributed by atoms with E-state index in [0.29, 0.717) is 10.7 Å². The Morgan fingerprint density at radius 1 is 1.15 bits per heavy atom. The average molecular weight is 362 g/mol. The molecule has 0 atom stereocenters. The third-order valence-electron chi connectivity index (χ3n) is 4.36. The summed E-state index contributed by atoms with van der Waals surface area (Å²) in [6, 6.07) is 15.9. The summed E-state index contributed by atoms with van der Waals surface area (Å²) in [6.45, 7) is 4.00. The molecule has 0 aliphatic rings. The van der Waals surface area contributed by atoms with Crippen molar-refractivity contribution >= 4 is 32.6 Å². The molecule has 4 rings (SSSR count). The lowest BCUT2D eigenvalue weighted by atomic mass is 10.1. The van der Waals surface area contributed by atoms with Gasteiger partial charge in [0, 0.05) is 0 Å². The molecule has 1 amide bonds. The standard InChI is InChI=1S/C20H18N4OS/c1-3-14-8-7-11-17-18(14)22-20(26-17)23-19(25)16-12-21-24(13(16)2)15-9-5-4-6-10-15/h4-12H,3H2,1-2H3,(H,22,23,25). The van der Waals surface area contributed by atoms with Gasteiger partial charge in [0.2, 0.25) is 0 Å². The molecular formula is C20H18N4OS. The summed E-state index contributed by atoms with van der Waals surface area (Å²) >= 11 is 1.49. The zero-order valence-electron chi connectivity index (χ0n) is 14.6. The molecule has 26 heavy (non-hydrogen) atoms. The third-order valence-corrected chi connectivity index (χ3v) is 5.30. The highest BCUT2D eigenvalue weighted by Gasteiger charge is 2.17. The molecule has 0 saturated heterocycles. The van der Waals surface area contributed by atoms with Gasteiger partial charge in [-0.25, -0.2) is 9.67 Å². The first-order valence-electron chi connectivity index (χ1n) is 8.47. The lowest BCUT2D eigenvalue weighted by Gasteiger charge is -2.05. The highest BCUT2D eigenvalue weighted by Crippen LogP contribution is 2.29. The lowest BCUT2D eigenvalue weighted by Crippen LogP contribution is -2.13. The second kappa shape index (κ2) is 6.72. The smallest absolute Gasteiger partial charge is 0.260 e. The Labute approximate surface area is 155 Å². The van der Waals surface area contributed by atoms with Crippen LogP contribution in [0.3, 0.4) is 0 Å². The van der Waals surface area contributed by atoms with Gasteiger partial charge in [-0.1, -0.05) is 48.6 Å². The van der Waals surface area contributed by atoms with Crippen molar-refractivity contribution in [3.8, 4) is 5.69 Å². The number of benzene rings is 2. The van der Waals surface area contributed by atoms with E-state index >= 15 is 0 Å². The van der Waals surface area contributed by atoms with Gasteiger partial charge in [0.1, 0.15) is 0 Å². The van der Waals surface area contributed by atoms with Gasteiger partial charge in [0.15, 0.2) is 5.13 Å². The van der Waals surface area contributed by atoms with Gasteiger partial charge in [0.05, 0.1) is 33.4 Å². The van der Waals surface area contributed by atoms with E-state index < -0.39 is 0 Å². The fourth-order valence-corrected chi connectivity index (χ4v) is 3.88. The minimum absolute atomic E-state index is 0.193. The second-order valence-corrected chi connectivity index (χ2v) is 7.01. The first-order valence-corrected chi connectivity index (χ1v) is 9.29. The van der Waals surface area contributed by atoms with Gasteiger partial charge in [-0.15, -0.1) is 0 Å². The van der Waals surface area contributed by atoms with E-state index in [-0.39, 0.29) is 5.91 Å². The zero-order chi connectivity index (χ0) is 18.1. The van der Waals surface area contributed by atoms with E-state index in [1.54, 1.807) is 10.9 Å². The Hall–Kier alpha value is -2.99. The Morgan fingerprint density at radius 2 is 1.96 bits per heavy atom. The lowest BCUT2D eigenvalue weighted by molar-refractivity contribution is 0.102. The summed E-state index contributed by atoms with van der Waals surface area (Å²) in [5.74, 6) is -0.193. The SMILES string of the molecule is CCc1cccc2sc(NC(=O)c3cnn(-c4ccccc4)c3C)nc12. The first-order chi connectivity index (χ1) is 12.7. The minimum atomic E-state index is -0.193. The topological polar surface area (TPSA) is 59.8 Å². The summed E-state index contributed by atoms with van der Waals surface area (Å²) in [4.78, 5) is 17.3. The number of aryl methyl sites for hydroxylation is 1. The highest BCUT2D eigenvalue weighted by atomic mass is 32.1. The molecule has 130 valence electrons. The van der Waals surface area contributed by atoms with Crippen LogP contribution in [0.4, 0.5) is 5.13 Å². The fraction of sp³-hybridized carbons (Fsp3) is 0.150. The molecule has 6 heteroatoms. The van der Waals surface area contributed by atoms with E-state index in [4.69, 9.17) is 0 Å². The van der Waals surface area contributed by atoms with Gasteiger partial charge in [-0.2, -0.15) is 5.10 Å². The third kappa shape index (κ3) is 2.88. The maximum absolute atomic E-state index is 12.7. The normalized spacial score (nSPS) is 11.0. The number of anilines is 1. The van der Waals surface area contributed by atoms with Crippen molar-refractivity contribution in [2.75, 3.05) is 5.32 Å². The molecule has 2 heterocycles. The summed E-state index contributed by atoms with van der Waals surface area (Å²) in [6.07, 6.45) is 2.51. The predicted molar refractivity (Wildman–Crippen MR) is 105 cm³/mol. The second-order valence-electron chi connectivity index (χ2n) is 5.98. The van der Waals surface area contributed by atoms with Crippen LogP contribution >= 0.6 is 11.3 Å². The van der Waals surface area contributed by atoms with Crippen LogP contribution in [-0.2, 0) is 6.42 Å². The molecule has 2 aromatic heterocycles. The number of nitrogens with one attached hydrogen (secondary N) is 1. The van der Waals surface area contributed by atoms with Crippen LogP contribution in [0.1, 0.15) is 28.5 Å².